The Morgan fingerprint density at radius 3 is 2.47 bits per heavy atom. The molecule has 1 amide bonds. The van der Waals surface area contributed by atoms with Crippen molar-refractivity contribution in [2.45, 2.75) is 26.8 Å². The minimum atomic E-state index is -1.24. The van der Waals surface area contributed by atoms with E-state index in [1.807, 2.05) is 0 Å². The Balaban J connectivity index is 3.27. The topological polar surface area (TPSA) is 92.5 Å². The van der Waals surface area contributed by atoms with E-state index in [4.69, 9.17) is 5.11 Å². The summed E-state index contributed by atoms with van der Waals surface area (Å²) < 4.78 is 13.3. The van der Waals surface area contributed by atoms with Gasteiger partial charge in [0, 0.05) is 6.07 Å². The van der Waals surface area contributed by atoms with Crippen molar-refractivity contribution < 1.29 is 19.2 Å². The van der Waals surface area contributed by atoms with Crippen LogP contribution in [0.2, 0.25) is 0 Å². The van der Waals surface area contributed by atoms with Gasteiger partial charge in [-0.25, -0.2) is 4.79 Å². The van der Waals surface area contributed by atoms with Gasteiger partial charge in [0.2, 0.25) is 5.82 Å². The first-order valence-electron chi connectivity index (χ1n) is 5.56. The molecule has 104 valence electrons. The van der Waals surface area contributed by atoms with Crippen LogP contribution in [0.4, 0.5) is 14.9 Å². The number of nitro benzene ring substituents is 1. The van der Waals surface area contributed by atoms with Crippen molar-refractivity contribution in [3.63, 3.8) is 0 Å². The fourth-order valence-corrected chi connectivity index (χ4v) is 1.77. The van der Waals surface area contributed by atoms with E-state index >= 15 is 0 Å². The van der Waals surface area contributed by atoms with Gasteiger partial charge in [-0.3, -0.25) is 10.1 Å². The van der Waals surface area contributed by atoms with E-state index in [1.165, 1.54) is 6.07 Å². The zero-order chi connectivity index (χ0) is 14.8. The SMILES string of the molecule is CC(C)(C)C(NC(=O)O)c1ccc(F)c([N+](=O)[O-])c1. The van der Waals surface area contributed by atoms with Gasteiger partial charge in [0.05, 0.1) is 11.0 Å². The number of halogens is 1. The van der Waals surface area contributed by atoms with Gasteiger partial charge in [-0.15, -0.1) is 0 Å². The number of hydrogen-bond donors (Lipinski definition) is 2. The van der Waals surface area contributed by atoms with Gasteiger partial charge in [-0.05, 0) is 17.0 Å². The molecule has 0 aliphatic carbocycles. The van der Waals surface area contributed by atoms with E-state index in [1.54, 1.807) is 20.8 Å². The molecule has 1 atom stereocenters. The van der Waals surface area contributed by atoms with Gasteiger partial charge >= 0.3 is 11.8 Å². The first-order valence-corrected chi connectivity index (χ1v) is 5.56. The summed E-state index contributed by atoms with van der Waals surface area (Å²) in [6, 6.07) is 2.69. The monoisotopic (exact) mass is 270 g/mol. The van der Waals surface area contributed by atoms with Gasteiger partial charge in [0.25, 0.3) is 0 Å². The quantitative estimate of drug-likeness (QED) is 0.652. The molecule has 0 aromatic heterocycles. The number of amides is 1. The van der Waals surface area contributed by atoms with Crippen LogP contribution in [-0.4, -0.2) is 16.1 Å². The Hall–Kier alpha value is -2.18. The lowest BCUT2D eigenvalue weighted by Crippen LogP contribution is -2.35. The zero-order valence-electron chi connectivity index (χ0n) is 10.8. The Morgan fingerprint density at radius 2 is 2.05 bits per heavy atom. The normalized spacial score (nSPS) is 12.8. The van der Waals surface area contributed by atoms with E-state index in [2.05, 4.69) is 5.32 Å². The highest BCUT2D eigenvalue weighted by Crippen LogP contribution is 2.34. The van der Waals surface area contributed by atoms with Crippen LogP contribution < -0.4 is 5.32 Å². The maximum atomic E-state index is 13.3. The lowest BCUT2D eigenvalue weighted by Gasteiger charge is -2.30. The zero-order valence-corrected chi connectivity index (χ0v) is 10.8. The highest BCUT2D eigenvalue weighted by molar-refractivity contribution is 5.65. The molecule has 0 aliphatic rings. The molecule has 1 aromatic rings. The maximum Gasteiger partial charge on any atom is 0.405 e. The maximum absolute atomic E-state index is 13.3. The first kappa shape index (κ1) is 14.9. The Labute approximate surface area is 109 Å². The molecule has 0 fully saturated rings. The number of hydrogen-bond acceptors (Lipinski definition) is 3. The van der Waals surface area contributed by atoms with E-state index in [0.29, 0.717) is 5.56 Å². The summed E-state index contributed by atoms with van der Waals surface area (Å²) in [5, 5.41) is 21.8. The summed E-state index contributed by atoms with van der Waals surface area (Å²) >= 11 is 0. The largest absolute Gasteiger partial charge is 0.465 e. The van der Waals surface area contributed by atoms with Crippen LogP contribution in [0.3, 0.4) is 0 Å². The predicted molar refractivity (Wildman–Crippen MR) is 66.4 cm³/mol. The summed E-state index contributed by atoms with van der Waals surface area (Å²) in [7, 11) is 0. The molecule has 7 heteroatoms. The fraction of sp³-hybridized carbons (Fsp3) is 0.417. The lowest BCUT2D eigenvalue weighted by molar-refractivity contribution is -0.387. The Bertz CT molecular complexity index is 511. The smallest absolute Gasteiger partial charge is 0.405 e. The van der Waals surface area contributed by atoms with Crippen LogP contribution in [0.5, 0.6) is 0 Å². The number of nitro groups is 1. The third kappa shape index (κ3) is 3.64. The average molecular weight is 270 g/mol. The van der Waals surface area contributed by atoms with Gasteiger partial charge in [-0.1, -0.05) is 26.8 Å². The van der Waals surface area contributed by atoms with Crippen LogP contribution in [0.1, 0.15) is 32.4 Å². The first-order chi connectivity index (χ1) is 8.62. The van der Waals surface area contributed by atoms with Crippen molar-refractivity contribution in [3.05, 3.63) is 39.7 Å². The van der Waals surface area contributed by atoms with Gasteiger partial charge in [-0.2, -0.15) is 4.39 Å². The molecule has 1 rings (SSSR count). The second-order valence-corrected chi connectivity index (χ2v) is 5.22. The molecule has 6 nitrogen and oxygen atoms in total. The highest BCUT2D eigenvalue weighted by Gasteiger charge is 2.29. The third-order valence-electron chi connectivity index (χ3n) is 2.63. The predicted octanol–water partition coefficient (Wildman–Crippen LogP) is 3.09. The fourth-order valence-electron chi connectivity index (χ4n) is 1.77. The molecular formula is C12H15FN2O4. The standard InChI is InChI=1S/C12H15FN2O4/c1-12(2,3)10(14-11(16)17)7-4-5-8(13)9(6-7)15(18)19/h4-6,10,14H,1-3H3,(H,16,17). The molecule has 0 heterocycles. The average Bonchev–Trinajstić information content (AvgIpc) is 2.24. The number of rotatable bonds is 3. The number of carboxylic acid groups (broad SMARTS) is 1. The van der Waals surface area contributed by atoms with Crippen LogP contribution in [0.25, 0.3) is 0 Å². The van der Waals surface area contributed by atoms with Crippen molar-refractivity contribution in [2.24, 2.45) is 5.41 Å². The van der Waals surface area contributed by atoms with E-state index in [-0.39, 0.29) is 0 Å². The number of carbonyl (C=O) groups is 1. The lowest BCUT2D eigenvalue weighted by atomic mass is 9.82. The minimum absolute atomic E-state index is 0.350. The molecule has 0 saturated heterocycles. The summed E-state index contributed by atoms with van der Waals surface area (Å²) in [5.74, 6) is -0.947. The van der Waals surface area contributed by atoms with E-state index in [9.17, 15) is 19.3 Å². The second-order valence-electron chi connectivity index (χ2n) is 5.22. The van der Waals surface area contributed by atoms with Crippen molar-refractivity contribution in [1.82, 2.24) is 5.32 Å². The summed E-state index contributed by atoms with van der Waals surface area (Å²) in [6.07, 6.45) is -1.24. The van der Waals surface area contributed by atoms with Crippen molar-refractivity contribution in [2.75, 3.05) is 0 Å². The Morgan fingerprint density at radius 1 is 1.47 bits per heavy atom. The number of nitrogens with one attached hydrogen (secondary N) is 1. The van der Waals surface area contributed by atoms with E-state index < -0.39 is 34.0 Å². The van der Waals surface area contributed by atoms with Crippen LogP contribution in [0, 0.1) is 21.3 Å². The van der Waals surface area contributed by atoms with Gasteiger partial charge in [0.15, 0.2) is 0 Å². The van der Waals surface area contributed by atoms with Crippen molar-refractivity contribution >= 4 is 11.8 Å². The Kier molecular flexibility index (Phi) is 4.08. The molecule has 0 bridgehead atoms. The molecule has 2 N–H and O–H groups in total. The van der Waals surface area contributed by atoms with Crippen LogP contribution in [0.15, 0.2) is 18.2 Å². The number of nitrogens with zero attached hydrogens (tertiary/aromatic N) is 1. The minimum Gasteiger partial charge on any atom is -0.465 e. The molecular weight excluding hydrogens is 255 g/mol. The molecule has 0 saturated carbocycles. The summed E-state index contributed by atoms with van der Waals surface area (Å²) in [4.78, 5) is 20.7. The third-order valence-corrected chi connectivity index (χ3v) is 2.63. The van der Waals surface area contributed by atoms with Crippen LogP contribution >= 0.6 is 0 Å². The summed E-state index contributed by atoms with van der Waals surface area (Å²) in [6.45, 7) is 5.34. The molecule has 0 spiro atoms. The summed E-state index contributed by atoms with van der Waals surface area (Å²) in [5.41, 5.74) is -0.827. The van der Waals surface area contributed by atoms with Gasteiger partial charge < -0.3 is 10.4 Å². The highest BCUT2D eigenvalue weighted by atomic mass is 19.1. The van der Waals surface area contributed by atoms with E-state index in [0.717, 1.165) is 12.1 Å². The van der Waals surface area contributed by atoms with Crippen molar-refractivity contribution in [1.29, 1.82) is 0 Å². The van der Waals surface area contributed by atoms with Gasteiger partial charge in [0.1, 0.15) is 0 Å². The van der Waals surface area contributed by atoms with Crippen molar-refractivity contribution in [3.8, 4) is 0 Å². The molecule has 1 aromatic carbocycles. The molecule has 0 radical (unpaired) electrons. The second kappa shape index (κ2) is 5.21. The van der Waals surface area contributed by atoms with Crippen LogP contribution in [-0.2, 0) is 0 Å². The molecule has 1 unspecified atom stereocenters. The molecule has 0 aliphatic heterocycles. The number of benzene rings is 1. The molecule has 19 heavy (non-hydrogen) atoms.